The Bertz CT molecular complexity index is 417. The van der Waals surface area contributed by atoms with Crippen molar-refractivity contribution in [1.82, 2.24) is 15.5 Å². The Morgan fingerprint density at radius 1 is 1.50 bits per heavy atom. The van der Waals surface area contributed by atoms with Crippen LogP contribution in [0.1, 0.15) is 26.2 Å². The van der Waals surface area contributed by atoms with E-state index in [1.165, 1.54) is 0 Å². The molecule has 0 saturated carbocycles. The summed E-state index contributed by atoms with van der Waals surface area (Å²) in [6.45, 7) is 4.08. The van der Waals surface area contributed by atoms with Gasteiger partial charge in [-0.1, -0.05) is 12.0 Å². The topological polar surface area (TPSA) is 123 Å². The number of primary amides is 1. The maximum absolute atomic E-state index is 11.2. The van der Waals surface area contributed by atoms with Gasteiger partial charge in [-0.2, -0.15) is 0 Å². The molecular weight excluding hydrogens is 238 g/mol. The highest BCUT2D eigenvalue weighted by Crippen LogP contribution is 2.14. The van der Waals surface area contributed by atoms with E-state index in [4.69, 9.17) is 10.2 Å². The third-order valence-corrected chi connectivity index (χ3v) is 1.95. The smallest absolute Gasteiger partial charge is 0.323 e. The van der Waals surface area contributed by atoms with Crippen molar-refractivity contribution >= 4 is 18.0 Å². The number of nitrogens with two attached hydrogens (primary N) is 1. The van der Waals surface area contributed by atoms with Gasteiger partial charge in [0.15, 0.2) is 0 Å². The minimum atomic E-state index is -0.419. The standard InChI is InChI=1S/C10H16N5O3/c1-3-12-9(17)13-10-15-14-8(18-10)5-6(2)4-7(11)16/h5-6H,3-4H2,1-2H3,(H2,11,16)(H2,12,13,15,17)/t6-/m1/s1. The SMILES string of the molecule is CCNC(=O)Nc1nnc([CH][C@H](C)CC(N)=O)o1. The summed E-state index contributed by atoms with van der Waals surface area (Å²) in [6, 6.07) is -0.420. The number of urea groups is 1. The number of rotatable bonds is 6. The zero-order chi connectivity index (χ0) is 13.5. The summed E-state index contributed by atoms with van der Waals surface area (Å²) in [5.74, 6) is -0.283. The lowest BCUT2D eigenvalue weighted by molar-refractivity contribution is -0.118. The molecule has 99 valence electrons. The molecule has 0 unspecified atom stereocenters. The summed E-state index contributed by atoms with van der Waals surface area (Å²) < 4.78 is 5.15. The van der Waals surface area contributed by atoms with E-state index in [0.717, 1.165) is 0 Å². The quantitative estimate of drug-likeness (QED) is 0.672. The molecule has 0 spiro atoms. The lowest BCUT2D eigenvalue weighted by atomic mass is 10.0. The highest BCUT2D eigenvalue weighted by molar-refractivity contribution is 5.86. The van der Waals surface area contributed by atoms with Crippen molar-refractivity contribution in [1.29, 1.82) is 0 Å². The van der Waals surface area contributed by atoms with Gasteiger partial charge in [-0.15, -0.1) is 5.10 Å². The lowest BCUT2D eigenvalue weighted by Crippen LogP contribution is -2.28. The number of aromatic nitrogens is 2. The molecule has 1 heterocycles. The summed E-state index contributed by atoms with van der Waals surface area (Å²) in [4.78, 5) is 21.9. The highest BCUT2D eigenvalue weighted by atomic mass is 16.4. The first-order valence-corrected chi connectivity index (χ1v) is 5.52. The van der Waals surface area contributed by atoms with E-state index < -0.39 is 11.9 Å². The van der Waals surface area contributed by atoms with Gasteiger partial charge in [0, 0.05) is 13.0 Å². The maximum Gasteiger partial charge on any atom is 0.323 e. The van der Waals surface area contributed by atoms with Crippen molar-refractivity contribution in [3.63, 3.8) is 0 Å². The third-order valence-electron chi connectivity index (χ3n) is 1.95. The zero-order valence-corrected chi connectivity index (χ0v) is 10.3. The van der Waals surface area contributed by atoms with Gasteiger partial charge in [0.2, 0.25) is 11.8 Å². The molecular formula is C10H16N5O3. The fourth-order valence-electron chi connectivity index (χ4n) is 1.27. The minimum Gasteiger partial charge on any atom is -0.407 e. The molecule has 0 bridgehead atoms. The summed E-state index contributed by atoms with van der Waals surface area (Å²) in [6.07, 6.45) is 1.81. The molecule has 1 atom stereocenters. The first-order valence-electron chi connectivity index (χ1n) is 5.52. The molecule has 0 saturated heterocycles. The largest absolute Gasteiger partial charge is 0.407 e. The van der Waals surface area contributed by atoms with Gasteiger partial charge >= 0.3 is 12.0 Å². The first-order chi connectivity index (χ1) is 8.51. The van der Waals surface area contributed by atoms with Crippen LogP contribution in [0.2, 0.25) is 0 Å². The second-order valence-electron chi connectivity index (χ2n) is 3.74. The minimum absolute atomic E-state index is 0.00141. The van der Waals surface area contributed by atoms with Crippen LogP contribution >= 0.6 is 0 Å². The van der Waals surface area contributed by atoms with Crippen molar-refractivity contribution in [2.24, 2.45) is 11.7 Å². The molecule has 0 aliphatic carbocycles. The number of hydrogen-bond acceptors (Lipinski definition) is 5. The molecule has 4 N–H and O–H groups in total. The van der Waals surface area contributed by atoms with Crippen molar-refractivity contribution < 1.29 is 14.0 Å². The summed E-state index contributed by atoms with van der Waals surface area (Å²) >= 11 is 0. The molecule has 8 heteroatoms. The number of nitrogens with one attached hydrogen (secondary N) is 2. The fraction of sp³-hybridized carbons (Fsp3) is 0.500. The van der Waals surface area contributed by atoms with Crippen molar-refractivity contribution in [2.45, 2.75) is 20.3 Å². The first kappa shape index (κ1) is 13.9. The molecule has 0 aromatic carbocycles. The lowest BCUT2D eigenvalue weighted by Gasteiger charge is -2.04. The molecule has 1 aromatic rings. The monoisotopic (exact) mass is 254 g/mol. The summed E-state index contributed by atoms with van der Waals surface area (Å²) in [7, 11) is 0. The fourth-order valence-corrected chi connectivity index (χ4v) is 1.27. The van der Waals surface area contributed by atoms with Crippen LogP contribution in [-0.4, -0.2) is 28.7 Å². The third kappa shape index (κ3) is 4.81. The van der Waals surface area contributed by atoms with Gasteiger partial charge in [0.05, 0.1) is 6.42 Å². The molecule has 18 heavy (non-hydrogen) atoms. The summed E-state index contributed by atoms with van der Waals surface area (Å²) in [5, 5.41) is 12.2. The van der Waals surface area contributed by atoms with Gasteiger partial charge in [0.1, 0.15) is 0 Å². The average Bonchev–Trinajstić information content (AvgIpc) is 2.64. The Kier molecular flexibility index (Phi) is 5.09. The molecule has 3 amide bonds. The Labute approximate surface area is 104 Å². The number of carbonyl (C=O) groups is 2. The van der Waals surface area contributed by atoms with Crippen LogP contribution in [0, 0.1) is 12.3 Å². The molecule has 0 aliphatic rings. The van der Waals surface area contributed by atoms with Crippen LogP contribution in [0.15, 0.2) is 4.42 Å². The molecule has 1 rings (SSSR count). The Morgan fingerprint density at radius 3 is 2.83 bits per heavy atom. The van der Waals surface area contributed by atoms with Crippen molar-refractivity contribution in [2.75, 3.05) is 11.9 Å². The number of nitrogens with zero attached hydrogens (tertiary/aromatic N) is 2. The van der Waals surface area contributed by atoms with Crippen LogP contribution in [0.25, 0.3) is 0 Å². The van der Waals surface area contributed by atoms with Crippen LogP contribution < -0.4 is 16.4 Å². The molecule has 1 radical (unpaired) electrons. The second kappa shape index (κ2) is 6.58. The van der Waals surface area contributed by atoms with Gasteiger partial charge in [-0.25, -0.2) is 4.79 Å². The van der Waals surface area contributed by atoms with Gasteiger partial charge in [0.25, 0.3) is 0 Å². The molecule has 0 fully saturated rings. The Balaban J connectivity index is 2.47. The second-order valence-corrected chi connectivity index (χ2v) is 3.74. The van der Waals surface area contributed by atoms with Crippen LogP contribution in [-0.2, 0) is 4.79 Å². The maximum atomic E-state index is 11.2. The van der Waals surface area contributed by atoms with Crippen LogP contribution in [0.5, 0.6) is 0 Å². The molecule has 1 aromatic heterocycles. The predicted molar refractivity (Wildman–Crippen MR) is 63.4 cm³/mol. The van der Waals surface area contributed by atoms with Crippen LogP contribution in [0.3, 0.4) is 0 Å². The molecule has 0 aliphatic heterocycles. The normalized spacial score (nSPS) is 11.9. The zero-order valence-electron chi connectivity index (χ0n) is 10.3. The number of carbonyl (C=O) groups excluding carboxylic acids is 2. The average molecular weight is 254 g/mol. The van der Waals surface area contributed by atoms with Gasteiger partial charge < -0.3 is 15.5 Å². The van der Waals surface area contributed by atoms with Crippen LogP contribution in [0.4, 0.5) is 10.8 Å². The van der Waals surface area contributed by atoms with E-state index in [1.807, 2.05) is 0 Å². The van der Waals surface area contributed by atoms with Gasteiger partial charge in [-0.05, 0) is 12.8 Å². The van der Waals surface area contributed by atoms with E-state index in [-0.39, 0.29) is 24.2 Å². The number of hydrogen-bond donors (Lipinski definition) is 3. The van der Waals surface area contributed by atoms with E-state index in [0.29, 0.717) is 6.54 Å². The number of anilines is 1. The van der Waals surface area contributed by atoms with E-state index >= 15 is 0 Å². The highest BCUT2D eigenvalue weighted by Gasteiger charge is 2.14. The number of amides is 3. The van der Waals surface area contributed by atoms with Gasteiger partial charge in [-0.3, -0.25) is 10.1 Å². The molecule has 8 nitrogen and oxygen atoms in total. The van der Waals surface area contributed by atoms with E-state index in [2.05, 4.69) is 20.8 Å². The van der Waals surface area contributed by atoms with Crippen molar-refractivity contribution in [3.8, 4) is 0 Å². The Morgan fingerprint density at radius 2 is 2.22 bits per heavy atom. The van der Waals surface area contributed by atoms with E-state index in [1.54, 1.807) is 20.3 Å². The predicted octanol–water partition coefficient (Wildman–Crippen LogP) is 0.275. The Hall–Kier alpha value is -2.12. The van der Waals surface area contributed by atoms with Crippen molar-refractivity contribution in [3.05, 3.63) is 12.3 Å². The summed E-state index contributed by atoms with van der Waals surface area (Å²) in [5.41, 5.74) is 5.06. The van der Waals surface area contributed by atoms with E-state index in [9.17, 15) is 9.59 Å².